The number of piperazine rings is 1. The van der Waals surface area contributed by atoms with E-state index in [2.05, 4.69) is 17.4 Å². The van der Waals surface area contributed by atoms with E-state index < -0.39 is 0 Å². The van der Waals surface area contributed by atoms with Crippen LogP contribution < -0.4 is 10.1 Å². The Balaban J connectivity index is 0.00000208. The summed E-state index contributed by atoms with van der Waals surface area (Å²) in [7, 11) is 0. The van der Waals surface area contributed by atoms with Gasteiger partial charge in [-0.05, 0) is 11.6 Å². The van der Waals surface area contributed by atoms with Crippen molar-refractivity contribution >= 4 is 18.3 Å². The molecule has 5 heteroatoms. The first kappa shape index (κ1) is 18.3. The van der Waals surface area contributed by atoms with Crippen molar-refractivity contribution in [2.75, 3.05) is 32.8 Å². The molecule has 0 aliphatic carbocycles. The van der Waals surface area contributed by atoms with Gasteiger partial charge in [0.1, 0.15) is 5.75 Å². The van der Waals surface area contributed by atoms with Crippen molar-refractivity contribution in [2.45, 2.75) is 6.42 Å². The first-order chi connectivity index (χ1) is 11.3. The number of nitrogens with one attached hydrogen (secondary N) is 1. The number of hydrogen-bond donors (Lipinski definition) is 1. The summed E-state index contributed by atoms with van der Waals surface area (Å²) in [6.07, 6.45) is 0.420. The molecule has 0 atom stereocenters. The summed E-state index contributed by atoms with van der Waals surface area (Å²) in [5.41, 5.74) is 2.18. The van der Waals surface area contributed by atoms with E-state index in [1.54, 1.807) is 0 Å². The highest BCUT2D eigenvalue weighted by atomic mass is 35.5. The molecular weight excluding hydrogens is 324 g/mol. The maximum Gasteiger partial charge on any atom is 0.226 e. The lowest BCUT2D eigenvalue weighted by molar-refractivity contribution is -0.132. The SMILES string of the molecule is Cl.O=C(CCOc1ccccc1-c1ccccc1)N1CCNCC1. The Kier molecular flexibility index (Phi) is 7.09. The van der Waals surface area contributed by atoms with Crippen molar-refractivity contribution in [1.29, 1.82) is 0 Å². The van der Waals surface area contributed by atoms with Crippen LogP contribution in [0.25, 0.3) is 11.1 Å². The van der Waals surface area contributed by atoms with E-state index in [1.165, 1.54) is 0 Å². The van der Waals surface area contributed by atoms with Gasteiger partial charge in [-0.25, -0.2) is 0 Å². The molecule has 1 aliphatic rings. The van der Waals surface area contributed by atoms with Gasteiger partial charge >= 0.3 is 0 Å². The molecule has 1 aliphatic heterocycles. The Morgan fingerprint density at radius 1 is 1.00 bits per heavy atom. The molecule has 0 unspecified atom stereocenters. The fourth-order valence-electron chi connectivity index (χ4n) is 2.77. The van der Waals surface area contributed by atoms with Crippen molar-refractivity contribution in [3.05, 3.63) is 54.6 Å². The summed E-state index contributed by atoms with van der Waals surface area (Å²) in [5.74, 6) is 0.996. The molecule has 0 aromatic heterocycles. The van der Waals surface area contributed by atoms with E-state index in [1.807, 2.05) is 47.4 Å². The molecule has 128 valence electrons. The summed E-state index contributed by atoms with van der Waals surface area (Å²) >= 11 is 0. The van der Waals surface area contributed by atoms with Crippen LogP contribution >= 0.6 is 12.4 Å². The molecule has 1 amide bonds. The maximum atomic E-state index is 12.2. The minimum Gasteiger partial charge on any atom is -0.492 e. The minimum atomic E-state index is 0. The molecule has 0 spiro atoms. The van der Waals surface area contributed by atoms with Gasteiger partial charge in [-0.1, -0.05) is 48.5 Å². The monoisotopic (exact) mass is 346 g/mol. The predicted octanol–water partition coefficient (Wildman–Crippen LogP) is 2.98. The van der Waals surface area contributed by atoms with Crippen molar-refractivity contribution < 1.29 is 9.53 Å². The number of amides is 1. The molecule has 0 saturated carbocycles. The second kappa shape index (κ2) is 9.30. The molecule has 3 rings (SSSR count). The fourth-order valence-corrected chi connectivity index (χ4v) is 2.77. The number of nitrogens with zero attached hydrogens (tertiary/aromatic N) is 1. The van der Waals surface area contributed by atoms with Gasteiger partial charge in [-0.3, -0.25) is 4.79 Å². The van der Waals surface area contributed by atoms with Crippen molar-refractivity contribution in [3.8, 4) is 16.9 Å². The highest BCUT2D eigenvalue weighted by molar-refractivity contribution is 5.85. The van der Waals surface area contributed by atoms with Crippen LogP contribution in [-0.4, -0.2) is 43.6 Å². The van der Waals surface area contributed by atoms with Gasteiger partial charge in [0.25, 0.3) is 0 Å². The molecule has 0 radical (unpaired) electrons. The second-order valence-electron chi connectivity index (χ2n) is 5.59. The van der Waals surface area contributed by atoms with Crippen molar-refractivity contribution in [3.63, 3.8) is 0 Å². The van der Waals surface area contributed by atoms with Gasteiger partial charge in [0.15, 0.2) is 0 Å². The van der Waals surface area contributed by atoms with Crippen LogP contribution in [0, 0.1) is 0 Å². The number of carbonyl (C=O) groups excluding carboxylic acids is 1. The third kappa shape index (κ3) is 4.73. The normalized spacial score (nSPS) is 13.9. The Morgan fingerprint density at radius 3 is 2.42 bits per heavy atom. The molecule has 24 heavy (non-hydrogen) atoms. The van der Waals surface area contributed by atoms with E-state index in [9.17, 15) is 4.79 Å². The number of rotatable bonds is 5. The lowest BCUT2D eigenvalue weighted by Crippen LogP contribution is -2.46. The molecule has 2 aromatic carbocycles. The van der Waals surface area contributed by atoms with E-state index >= 15 is 0 Å². The summed E-state index contributed by atoms with van der Waals surface area (Å²) in [5, 5.41) is 3.25. The zero-order chi connectivity index (χ0) is 15.9. The van der Waals surface area contributed by atoms with Gasteiger partial charge in [-0.2, -0.15) is 0 Å². The molecular formula is C19H23ClN2O2. The largest absolute Gasteiger partial charge is 0.492 e. The van der Waals surface area contributed by atoms with Crippen LogP contribution in [-0.2, 0) is 4.79 Å². The highest BCUT2D eigenvalue weighted by Gasteiger charge is 2.16. The number of halogens is 1. The average molecular weight is 347 g/mol. The zero-order valence-electron chi connectivity index (χ0n) is 13.6. The van der Waals surface area contributed by atoms with Crippen LogP contribution in [0.1, 0.15) is 6.42 Å². The standard InChI is InChI=1S/C19H22N2O2.ClH/c22-19(21-13-11-20-12-14-21)10-15-23-18-9-5-4-8-17(18)16-6-2-1-3-7-16;/h1-9,20H,10-15H2;1H. The fraction of sp³-hybridized carbons (Fsp3) is 0.316. The van der Waals surface area contributed by atoms with Crippen molar-refractivity contribution in [2.24, 2.45) is 0 Å². The average Bonchev–Trinajstić information content (AvgIpc) is 2.63. The summed E-state index contributed by atoms with van der Waals surface area (Å²) in [4.78, 5) is 14.1. The Morgan fingerprint density at radius 2 is 1.67 bits per heavy atom. The first-order valence-corrected chi connectivity index (χ1v) is 8.10. The van der Waals surface area contributed by atoms with Gasteiger partial charge in [-0.15, -0.1) is 12.4 Å². The van der Waals surface area contributed by atoms with Gasteiger partial charge in [0, 0.05) is 31.7 Å². The Bertz CT molecular complexity index is 643. The number of carbonyl (C=O) groups is 1. The van der Waals surface area contributed by atoms with Gasteiger partial charge in [0.2, 0.25) is 5.91 Å². The van der Waals surface area contributed by atoms with Crippen LogP contribution in [0.3, 0.4) is 0 Å². The molecule has 1 heterocycles. The molecule has 1 N–H and O–H groups in total. The van der Waals surface area contributed by atoms with Crippen LogP contribution in [0.5, 0.6) is 5.75 Å². The third-order valence-corrected chi connectivity index (χ3v) is 4.02. The van der Waals surface area contributed by atoms with Gasteiger partial charge in [0.05, 0.1) is 13.0 Å². The number of ether oxygens (including phenoxy) is 1. The maximum absolute atomic E-state index is 12.2. The number of benzene rings is 2. The first-order valence-electron chi connectivity index (χ1n) is 8.10. The summed E-state index contributed by atoms with van der Waals surface area (Å²) in [6.45, 7) is 3.75. The molecule has 1 saturated heterocycles. The number of hydrogen-bond acceptors (Lipinski definition) is 3. The Labute approximate surface area is 149 Å². The zero-order valence-corrected chi connectivity index (χ0v) is 14.4. The number of para-hydroxylation sites is 1. The van der Waals surface area contributed by atoms with Crippen molar-refractivity contribution in [1.82, 2.24) is 10.2 Å². The van der Waals surface area contributed by atoms with Crippen LogP contribution in [0.15, 0.2) is 54.6 Å². The minimum absolute atomic E-state index is 0. The van der Waals surface area contributed by atoms with Crippen LogP contribution in [0.2, 0.25) is 0 Å². The quantitative estimate of drug-likeness (QED) is 0.905. The third-order valence-electron chi connectivity index (χ3n) is 4.02. The lowest BCUT2D eigenvalue weighted by atomic mass is 10.1. The molecule has 1 fully saturated rings. The smallest absolute Gasteiger partial charge is 0.226 e. The predicted molar refractivity (Wildman–Crippen MR) is 98.7 cm³/mol. The van der Waals surface area contributed by atoms with E-state index in [0.29, 0.717) is 13.0 Å². The van der Waals surface area contributed by atoms with Crippen LogP contribution in [0.4, 0.5) is 0 Å². The van der Waals surface area contributed by atoms with E-state index in [-0.39, 0.29) is 18.3 Å². The van der Waals surface area contributed by atoms with E-state index in [4.69, 9.17) is 4.74 Å². The highest BCUT2D eigenvalue weighted by Crippen LogP contribution is 2.29. The topological polar surface area (TPSA) is 41.6 Å². The van der Waals surface area contributed by atoms with E-state index in [0.717, 1.165) is 43.1 Å². The Hall–Kier alpha value is -2.04. The van der Waals surface area contributed by atoms with Gasteiger partial charge < -0.3 is 15.0 Å². The summed E-state index contributed by atoms with van der Waals surface area (Å²) in [6, 6.07) is 18.1. The summed E-state index contributed by atoms with van der Waals surface area (Å²) < 4.78 is 5.89. The molecule has 4 nitrogen and oxygen atoms in total. The molecule has 2 aromatic rings. The molecule has 0 bridgehead atoms. The second-order valence-corrected chi connectivity index (χ2v) is 5.59. The lowest BCUT2D eigenvalue weighted by Gasteiger charge is -2.27.